The van der Waals surface area contributed by atoms with E-state index in [4.69, 9.17) is 21.5 Å². The van der Waals surface area contributed by atoms with Gasteiger partial charge in [-0.1, -0.05) is 233 Å². The summed E-state index contributed by atoms with van der Waals surface area (Å²) in [6, 6.07) is 63.6. The van der Waals surface area contributed by atoms with Crippen LogP contribution in [0.2, 0.25) is 0 Å². The number of carboxylic acid groups (broad SMARTS) is 1. The zero-order chi connectivity index (χ0) is 74.2. The molecule has 0 radical (unpaired) electrons. The zero-order valence-corrected chi connectivity index (χ0v) is 60.3. The van der Waals surface area contributed by atoms with E-state index in [1.54, 1.807) is 128 Å². The first-order valence-corrected chi connectivity index (χ1v) is 39.0. The number of hydrogen-bond acceptors (Lipinski definition) is 12. The number of carbonyl (C=O) groups excluding carboxylic acids is 2. The number of sulfonamides is 2. The van der Waals surface area contributed by atoms with E-state index in [2.05, 4.69) is 10.0 Å². The van der Waals surface area contributed by atoms with Crippen LogP contribution >= 0.6 is 10.7 Å². The van der Waals surface area contributed by atoms with Crippen LogP contribution in [0.15, 0.2) is 237 Å². The lowest BCUT2D eigenvalue weighted by molar-refractivity contribution is -0.147. The van der Waals surface area contributed by atoms with Crippen molar-refractivity contribution >= 4 is 74.5 Å². The molecule has 3 atom stereocenters. The molecule has 542 valence electrons. The van der Waals surface area contributed by atoms with Gasteiger partial charge in [0.1, 0.15) is 29.6 Å². The highest BCUT2D eigenvalue weighted by molar-refractivity contribution is 8.13. The third-order valence-electron chi connectivity index (χ3n) is 16.5. The van der Waals surface area contributed by atoms with Gasteiger partial charge in [0, 0.05) is 28.8 Å². The summed E-state index contributed by atoms with van der Waals surface area (Å²) in [5.74, 6) is -3.03. The lowest BCUT2D eigenvalue weighted by atomic mass is 9.84. The predicted molar refractivity (Wildman–Crippen MR) is 398 cm³/mol. The van der Waals surface area contributed by atoms with Crippen LogP contribution < -0.4 is 20.1 Å². The smallest absolute Gasteiger partial charge is 0.337 e. The third kappa shape index (κ3) is 28.7. The average molecular weight is 1470 g/mol. The van der Waals surface area contributed by atoms with Crippen LogP contribution in [0.5, 0.6) is 0 Å². The topological polar surface area (TPSA) is 268 Å². The minimum Gasteiger partial charge on any atom is -0.479 e. The fourth-order valence-electron chi connectivity index (χ4n) is 11.5. The second-order valence-corrected chi connectivity index (χ2v) is 31.1. The van der Waals surface area contributed by atoms with E-state index >= 15 is 0 Å². The molecule has 9 aromatic carbocycles. The summed E-state index contributed by atoms with van der Waals surface area (Å²) in [5.41, 5.74) is 12.3. The van der Waals surface area contributed by atoms with E-state index in [-0.39, 0.29) is 46.3 Å². The molecule has 0 heterocycles. The van der Waals surface area contributed by atoms with Crippen molar-refractivity contribution in [1.82, 2.24) is 5.32 Å². The molecule has 2 aliphatic rings. The molecule has 102 heavy (non-hydrogen) atoms. The number of anilines is 3. The molecule has 1 amide bonds. The van der Waals surface area contributed by atoms with Gasteiger partial charge >= 0.3 is 5.97 Å². The lowest BCUT2D eigenvalue weighted by Gasteiger charge is -2.34. The molecular formula is C79H88ClF3N4O12S3. The van der Waals surface area contributed by atoms with Gasteiger partial charge in [0.05, 0.1) is 28.6 Å². The van der Waals surface area contributed by atoms with Gasteiger partial charge in [-0.2, -0.15) is 0 Å². The number of ketones is 1. The third-order valence-corrected chi connectivity index (χ3v) is 20.5. The van der Waals surface area contributed by atoms with Crippen LogP contribution in [0.4, 0.5) is 30.2 Å². The summed E-state index contributed by atoms with van der Waals surface area (Å²) >= 11 is 0. The Morgan fingerprint density at radius 3 is 1.37 bits per heavy atom. The fourth-order valence-corrected chi connectivity index (χ4v) is 15.3. The van der Waals surface area contributed by atoms with E-state index in [1.807, 2.05) is 68.4 Å². The molecule has 7 N–H and O–H groups in total. The van der Waals surface area contributed by atoms with Gasteiger partial charge in [-0.15, -0.1) is 0 Å². The summed E-state index contributed by atoms with van der Waals surface area (Å²) in [6.07, 6.45) is 9.16. The Hall–Kier alpha value is -9.16. The first-order chi connectivity index (χ1) is 48.6. The highest BCUT2D eigenvalue weighted by atomic mass is 35.7. The number of nitrogens with one attached hydrogen (secondary N) is 2. The van der Waals surface area contributed by atoms with Crippen molar-refractivity contribution in [2.75, 3.05) is 14.8 Å². The molecule has 9 aromatic rings. The van der Waals surface area contributed by atoms with Crippen molar-refractivity contribution in [3.63, 3.8) is 0 Å². The van der Waals surface area contributed by atoms with Gasteiger partial charge in [0.15, 0.2) is 11.9 Å². The van der Waals surface area contributed by atoms with Gasteiger partial charge in [-0.05, 0) is 144 Å². The number of aryl methyl sites for hydroxylation is 3. The largest absolute Gasteiger partial charge is 0.479 e. The summed E-state index contributed by atoms with van der Waals surface area (Å²) in [5, 5.41) is 30.9. The molecule has 0 aliphatic heterocycles. The van der Waals surface area contributed by atoms with Crippen molar-refractivity contribution in [1.29, 1.82) is 0 Å². The highest BCUT2D eigenvalue weighted by Gasteiger charge is 2.38. The van der Waals surface area contributed by atoms with E-state index in [0.717, 1.165) is 77.6 Å². The molecule has 0 bridgehead atoms. The van der Waals surface area contributed by atoms with Crippen LogP contribution in [0.3, 0.4) is 0 Å². The Bertz CT molecular complexity index is 4440. The Morgan fingerprint density at radius 1 is 0.500 bits per heavy atom. The Labute approximate surface area is 602 Å². The number of nitrogens with zero attached hydrogens (tertiary/aromatic N) is 1. The monoisotopic (exact) mass is 1470 g/mol. The predicted octanol–water partition coefficient (Wildman–Crippen LogP) is 16.3. The van der Waals surface area contributed by atoms with Crippen LogP contribution in [-0.2, 0) is 60.7 Å². The molecule has 0 spiro atoms. The molecular weight excluding hydrogens is 1390 g/mol. The molecule has 2 fully saturated rings. The van der Waals surface area contributed by atoms with Crippen LogP contribution in [-0.4, -0.2) is 64.3 Å². The molecule has 3 unspecified atom stereocenters. The van der Waals surface area contributed by atoms with Crippen LogP contribution in [0.25, 0.3) is 0 Å². The summed E-state index contributed by atoms with van der Waals surface area (Å²) in [6.45, 7) is 5.55. The van der Waals surface area contributed by atoms with Crippen molar-refractivity contribution in [2.45, 2.75) is 133 Å². The van der Waals surface area contributed by atoms with Gasteiger partial charge in [-0.3, -0.25) is 18.6 Å². The first kappa shape index (κ1) is 81.8. The Kier molecular flexibility index (Phi) is 32.9. The maximum atomic E-state index is 14.3. The molecule has 0 saturated heterocycles. The number of aliphatic hydroxyl groups excluding tert-OH is 2. The van der Waals surface area contributed by atoms with Crippen molar-refractivity contribution in [3.05, 3.63) is 304 Å². The van der Waals surface area contributed by atoms with E-state index < -0.39 is 70.9 Å². The molecule has 0 aromatic heterocycles. The summed E-state index contributed by atoms with van der Waals surface area (Å²) in [7, 11) is -5.98. The standard InChI is InChI=1S/C28H31FN2O3S.C16H22O2.C13H12FNO2S.C9H10O3.C7H7ClO2S.C6H6FN/c1-21-11-8-9-18-26(21)27(28(32)30-24-15-6-3-7-16-24)31(25-17-10-14-23(29)19-25)35(33,34)20-22-12-4-2-5-13-22;1-12-7-5-6-10-14(12)16(18)15(17)11-13-8-3-2-4-9-13;14-12-7-4-8-13(9-12)15-18(16,17)10-11-5-2-1-3-6-11;1-6-4-2-3-5-7(6)8(10)9(11)12;8-11(9,10)6-7-4-2-1-3-5-7;7-5-2-1-3-6(8)4-5/h2,4-5,8-14,17-19,24,27H,3,6-7,15-16,20H2,1H3,(H,30,32);5-7,10,13,16,18H,2-4,8-9,11H2,1H3;1-9,15H,10H2;2-5,8,10H,1H3,(H,11,12);1-5H,6H2;1-4H,8H2. The SMILES string of the molecule is Cc1ccccc1C(C(=O)NC1CCCCC1)N(c1cccc(F)c1)S(=O)(=O)Cc1ccccc1.Cc1ccccc1C(O)C(=O)CC1CCCCC1.Cc1ccccc1C(O)C(=O)O.Nc1cccc(F)c1.O=S(=O)(Cc1ccccc1)Nc1cccc(F)c1.O=S(=O)(Cl)Cc1ccccc1. The molecule has 2 saturated carbocycles. The van der Waals surface area contributed by atoms with Gasteiger partial charge in [-0.25, -0.2) is 43.2 Å². The second kappa shape index (κ2) is 41.1. The summed E-state index contributed by atoms with van der Waals surface area (Å²) in [4.78, 5) is 36.4. The number of nitrogen functional groups attached to an aromatic ring is 1. The number of halogens is 4. The maximum Gasteiger partial charge on any atom is 0.337 e. The number of rotatable bonds is 20. The van der Waals surface area contributed by atoms with Crippen molar-refractivity contribution in [3.8, 4) is 0 Å². The van der Waals surface area contributed by atoms with E-state index in [0.29, 0.717) is 45.8 Å². The fraction of sp³-hybridized carbons (Fsp3) is 0.278. The number of Topliss-reactive ketones (excluding diaryl/α,β-unsaturated/α-hetero) is 1. The van der Waals surface area contributed by atoms with Crippen molar-refractivity contribution < 1.29 is 68.1 Å². The minimum absolute atomic E-state index is 0.00560. The number of aliphatic carboxylic acids is 1. The van der Waals surface area contributed by atoms with E-state index in [9.17, 15) is 63.0 Å². The normalized spacial score (nSPS) is 13.9. The average Bonchev–Trinajstić information content (AvgIpc) is 0.766. The minimum atomic E-state index is -4.09. The molecule has 16 nitrogen and oxygen atoms in total. The van der Waals surface area contributed by atoms with Crippen molar-refractivity contribution in [2.24, 2.45) is 5.92 Å². The van der Waals surface area contributed by atoms with Gasteiger partial charge in [0.25, 0.3) is 0 Å². The number of carboxylic acids is 1. The molecule has 23 heteroatoms. The summed E-state index contributed by atoms with van der Waals surface area (Å²) < 4.78 is 116. The number of amides is 1. The molecule has 2 aliphatic carbocycles. The number of aliphatic hydroxyl groups is 2. The zero-order valence-electron chi connectivity index (χ0n) is 57.1. The van der Waals surface area contributed by atoms with Gasteiger partial charge in [0.2, 0.25) is 35.0 Å². The van der Waals surface area contributed by atoms with E-state index in [1.165, 1.54) is 73.9 Å². The lowest BCUT2D eigenvalue weighted by Crippen LogP contribution is -2.47. The molecule has 11 rings (SSSR count). The highest BCUT2D eigenvalue weighted by Crippen LogP contribution is 2.36. The number of nitrogens with two attached hydrogens (primary N) is 1. The second-order valence-electron chi connectivity index (χ2n) is 24.7. The Balaban J connectivity index is 0.000000208. The van der Waals surface area contributed by atoms with Gasteiger partial charge < -0.3 is 26.4 Å². The number of carbonyl (C=O) groups is 3. The van der Waals surface area contributed by atoms with Crippen LogP contribution in [0, 0.1) is 44.1 Å². The maximum absolute atomic E-state index is 14.3. The number of hydrogen-bond donors (Lipinski definition) is 6. The quantitative estimate of drug-likeness (QED) is 0.0307. The number of benzene rings is 9. The Morgan fingerprint density at radius 2 is 0.922 bits per heavy atom. The first-order valence-electron chi connectivity index (χ1n) is 33.3. The van der Waals surface area contributed by atoms with Crippen LogP contribution in [0.1, 0.15) is 139 Å².